The predicted molar refractivity (Wildman–Crippen MR) is 141 cm³/mol. The molecule has 1 unspecified atom stereocenters. The second-order valence-corrected chi connectivity index (χ2v) is 9.31. The largest absolute Gasteiger partial charge is 0.363 e. The van der Waals surface area contributed by atoms with Gasteiger partial charge >= 0.3 is 0 Å². The van der Waals surface area contributed by atoms with Crippen LogP contribution in [-0.2, 0) is 35.5 Å². The Labute approximate surface area is 220 Å². The van der Waals surface area contributed by atoms with Gasteiger partial charge in [0.15, 0.2) is 5.82 Å². The number of pyridine rings is 1. The van der Waals surface area contributed by atoms with E-state index in [0.717, 1.165) is 42.9 Å². The Morgan fingerprint density at radius 1 is 0.947 bits per heavy atom. The van der Waals surface area contributed by atoms with Gasteiger partial charge in [-0.25, -0.2) is 9.67 Å². The van der Waals surface area contributed by atoms with Crippen molar-refractivity contribution in [3.63, 3.8) is 0 Å². The van der Waals surface area contributed by atoms with Crippen molar-refractivity contribution < 1.29 is 14.4 Å². The minimum Gasteiger partial charge on any atom is -0.363 e. The third-order valence-electron chi connectivity index (χ3n) is 6.58. The van der Waals surface area contributed by atoms with Crippen molar-refractivity contribution in [3.05, 3.63) is 113 Å². The van der Waals surface area contributed by atoms with Crippen LogP contribution < -0.4 is 11.1 Å². The van der Waals surface area contributed by atoms with E-state index in [1.807, 2.05) is 54.7 Å². The molecule has 5 rings (SSSR count). The average molecular weight is 509 g/mol. The highest BCUT2D eigenvalue weighted by Gasteiger charge is 2.28. The number of aromatic nitrogens is 3. The van der Waals surface area contributed by atoms with Gasteiger partial charge in [-0.05, 0) is 23.3 Å². The van der Waals surface area contributed by atoms with Crippen LogP contribution in [0.2, 0.25) is 0 Å². The molecule has 2 aromatic carbocycles. The molecule has 0 spiro atoms. The Bertz CT molecular complexity index is 1450. The summed E-state index contributed by atoms with van der Waals surface area (Å²) in [5, 5.41) is 7.41. The zero-order valence-electron chi connectivity index (χ0n) is 20.8. The summed E-state index contributed by atoms with van der Waals surface area (Å²) in [5.74, 6) is -2.15. The molecular formula is C29H28N6O3. The van der Waals surface area contributed by atoms with Crippen molar-refractivity contribution in [1.29, 1.82) is 0 Å². The van der Waals surface area contributed by atoms with Crippen LogP contribution in [-0.4, -0.2) is 49.8 Å². The second kappa shape index (κ2) is 11.2. The second-order valence-electron chi connectivity index (χ2n) is 9.31. The minimum absolute atomic E-state index is 0.136. The number of hydrogen-bond donors (Lipinski definition) is 2. The molecule has 4 aromatic rings. The lowest BCUT2D eigenvalue weighted by atomic mass is 10.0. The highest BCUT2D eigenvalue weighted by atomic mass is 16.2. The van der Waals surface area contributed by atoms with Gasteiger partial charge < -0.3 is 11.1 Å². The fourth-order valence-corrected chi connectivity index (χ4v) is 4.68. The first-order valence-electron chi connectivity index (χ1n) is 12.5. The van der Waals surface area contributed by atoms with Crippen molar-refractivity contribution in [1.82, 2.24) is 25.0 Å². The molecule has 2 amide bonds. The number of nitrogens with two attached hydrogens (primary N) is 1. The number of nitrogens with one attached hydrogen (secondary N) is 1. The van der Waals surface area contributed by atoms with Crippen LogP contribution in [0.25, 0.3) is 5.82 Å². The van der Waals surface area contributed by atoms with Crippen molar-refractivity contribution in [2.75, 3.05) is 6.54 Å². The van der Waals surface area contributed by atoms with E-state index in [-0.39, 0.29) is 12.0 Å². The Hall–Kier alpha value is -4.63. The van der Waals surface area contributed by atoms with E-state index < -0.39 is 23.6 Å². The maximum atomic E-state index is 13.4. The van der Waals surface area contributed by atoms with Crippen LogP contribution in [0.5, 0.6) is 0 Å². The number of amides is 2. The lowest BCUT2D eigenvalue weighted by Gasteiger charge is -2.25. The first kappa shape index (κ1) is 25.0. The van der Waals surface area contributed by atoms with Gasteiger partial charge in [-0.2, -0.15) is 5.10 Å². The van der Waals surface area contributed by atoms with Crippen LogP contribution in [0.3, 0.4) is 0 Å². The number of hydrogen-bond acceptors (Lipinski definition) is 6. The maximum Gasteiger partial charge on any atom is 0.287 e. The molecule has 1 atom stereocenters. The summed E-state index contributed by atoms with van der Waals surface area (Å²) >= 11 is 0. The summed E-state index contributed by atoms with van der Waals surface area (Å²) in [6.07, 6.45) is 4.42. The topological polar surface area (TPSA) is 123 Å². The Balaban J connectivity index is 1.36. The highest BCUT2D eigenvalue weighted by Crippen LogP contribution is 2.22. The third-order valence-corrected chi connectivity index (χ3v) is 6.58. The molecule has 1 aliphatic rings. The molecule has 0 bridgehead atoms. The molecule has 3 heterocycles. The van der Waals surface area contributed by atoms with E-state index in [0.29, 0.717) is 5.82 Å². The molecule has 38 heavy (non-hydrogen) atoms. The van der Waals surface area contributed by atoms with Gasteiger partial charge in [0, 0.05) is 50.4 Å². The van der Waals surface area contributed by atoms with Crippen molar-refractivity contribution in [2.24, 2.45) is 5.73 Å². The molecule has 0 saturated carbocycles. The SMILES string of the molecule is NC(=O)C(=O)C(Cc1ccccc1)NC(=O)c1cccnc1-n1cc2c(n1)CCN(Cc1ccccc1)C2. The molecule has 3 N–H and O–H groups in total. The van der Waals surface area contributed by atoms with Crippen molar-refractivity contribution in [3.8, 4) is 5.82 Å². The third kappa shape index (κ3) is 5.68. The molecule has 2 aromatic heterocycles. The molecule has 0 fully saturated rings. The van der Waals surface area contributed by atoms with Crippen LogP contribution in [0.4, 0.5) is 0 Å². The van der Waals surface area contributed by atoms with Crippen molar-refractivity contribution >= 4 is 17.6 Å². The van der Waals surface area contributed by atoms with Gasteiger partial charge in [0.05, 0.1) is 11.3 Å². The Morgan fingerprint density at radius 3 is 2.37 bits per heavy atom. The minimum atomic E-state index is -1.10. The number of nitrogens with zero attached hydrogens (tertiary/aromatic N) is 4. The van der Waals surface area contributed by atoms with Gasteiger partial charge in [-0.1, -0.05) is 60.7 Å². The maximum absolute atomic E-state index is 13.4. The summed E-state index contributed by atoms with van der Waals surface area (Å²) in [6, 6.07) is 21.6. The predicted octanol–water partition coefficient (Wildman–Crippen LogP) is 2.22. The zero-order chi connectivity index (χ0) is 26.5. The van der Waals surface area contributed by atoms with Gasteiger partial charge in [-0.15, -0.1) is 0 Å². The van der Waals surface area contributed by atoms with Gasteiger partial charge in [0.25, 0.3) is 11.8 Å². The van der Waals surface area contributed by atoms with Crippen molar-refractivity contribution in [2.45, 2.75) is 32.0 Å². The molecule has 0 radical (unpaired) electrons. The van der Waals surface area contributed by atoms with E-state index >= 15 is 0 Å². The monoisotopic (exact) mass is 508 g/mol. The average Bonchev–Trinajstić information content (AvgIpc) is 3.37. The van der Waals surface area contributed by atoms with Gasteiger partial charge in [-0.3, -0.25) is 19.3 Å². The molecule has 1 aliphatic heterocycles. The first-order chi connectivity index (χ1) is 18.5. The molecule has 9 heteroatoms. The normalized spacial score (nSPS) is 13.9. The quantitative estimate of drug-likeness (QED) is 0.334. The van der Waals surface area contributed by atoms with Crippen LogP contribution in [0, 0.1) is 0 Å². The Kier molecular flexibility index (Phi) is 7.37. The lowest BCUT2D eigenvalue weighted by Crippen LogP contribution is -2.47. The summed E-state index contributed by atoms with van der Waals surface area (Å²) in [4.78, 5) is 44.4. The van der Waals surface area contributed by atoms with Gasteiger partial charge in [0.1, 0.15) is 6.04 Å². The Morgan fingerprint density at radius 2 is 1.66 bits per heavy atom. The standard InChI is InChI=1S/C29H28N6O3/c30-27(37)26(36)25(16-20-8-3-1-4-9-20)32-29(38)23-12-7-14-31-28(23)35-19-22-18-34(15-13-24(22)33-35)17-21-10-5-2-6-11-21/h1-12,14,19,25H,13,15-18H2,(H2,30,37)(H,32,38). The first-order valence-corrected chi connectivity index (χ1v) is 12.5. The number of rotatable bonds is 9. The summed E-state index contributed by atoms with van der Waals surface area (Å²) in [7, 11) is 0. The zero-order valence-corrected chi connectivity index (χ0v) is 20.8. The van der Waals surface area contributed by atoms with Gasteiger partial charge in [0.2, 0.25) is 5.78 Å². The van der Waals surface area contributed by atoms with Crippen LogP contribution in [0.1, 0.15) is 32.7 Å². The smallest absolute Gasteiger partial charge is 0.287 e. The van der Waals surface area contributed by atoms with Crippen LogP contribution in [0.15, 0.2) is 85.2 Å². The summed E-state index contributed by atoms with van der Waals surface area (Å²) in [6.45, 7) is 2.47. The molecule has 192 valence electrons. The number of primary amides is 1. The fourth-order valence-electron chi connectivity index (χ4n) is 4.68. The molecule has 0 saturated heterocycles. The molecule has 0 aliphatic carbocycles. The highest BCUT2D eigenvalue weighted by molar-refractivity contribution is 6.38. The number of fused-ring (bicyclic) bond motifs is 1. The van der Waals surface area contributed by atoms with E-state index in [1.165, 1.54) is 5.56 Å². The van der Waals surface area contributed by atoms with E-state index in [1.54, 1.807) is 23.0 Å². The number of Topliss-reactive ketones (excluding diaryl/α,β-unsaturated/α-hetero) is 1. The number of carbonyl (C=O) groups is 3. The number of ketones is 1. The molecular weight excluding hydrogens is 480 g/mol. The van der Waals surface area contributed by atoms with E-state index in [2.05, 4.69) is 27.3 Å². The van der Waals surface area contributed by atoms with Crippen LogP contribution >= 0.6 is 0 Å². The summed E-state index contributed by atoms with van der Waals surface area (Å²) in [5.41, 5.74) is 9.60. The number of benzene rings is 2. The fraction of sp³-hybridized carbons (Fsp3) is 0.207. The number of carbonyl (C=O) groups excluding carboxylic acids is 3. The lowest BCUT2D eigenvalue weighted by molar-refractivity contribution is -0.137. The van der Waals surface area contributed by atoms with E-state index in [4.69, 9.17) is 10.8 Å². The summed E-state index contributed by atoms with van der Waals surface area (Å²) < 4.78 is 1.62. The molecule has 9 nitrogen and oxygen atoms in total. The van der Waals surface area contributed by atoms with E-state index in [9.17, 15) is 14.4 Å².